The standard InChI is InChI=1S/C78H152O17P2/c1-8-10-11-12-13-14-21-31-38-45-52-59-75(80)88-65-74(95-78(83)62-55-48-41-34-27-26-30-37-44-51-58-71(7)9-2)68-93-97(86,87)91-64-72(79)63-90-96(84,85)92-67-73(66-89-76(81)60-53-46-39-32-24-20-19-23-29-36-43-50-57-70(5)6)94-77(82)61-54-47-40-33-25-18-16-15-17-22-28-35-42-49-56-69(3)4/h69-74,79H,8-68H2,1-7H3,(H,84,85)(H,86,87)/t71?,72-,73-,74-/m1/s1. The lowest BCUT2D eigenvalue weighted by Crippen LogP contribution is -2.30. The minimum Gasteiger partial charge on any atom is -0.462 e. The summed E-state index contributed by atoms with van der Waals surface area (Å²) < 4.78 is 68.6. The molecule has 97 heavy (non-hydrogen) atoms. The van der Waals surface area contributed by atoms with Crippen LogP contribution in [0.4, 0.5) is 0 Å². The van der Waals surface area contributed by atoms with E-state index in [1.807, 2.05) is 0 Å². The van der Waals surface area contributed by atoms with Crippen LogP contribution in [-0.2, 0) is 65.4 Å². The van der Waals surface area contributed by atoms with Crippen LogP contribution in [0.5, 0.6) is 0 Å². The molecule has 0 aromatic carbocycles. The van der Waals surface area contributed by atoms with Crippen LogP contribution in [0.2, 0.25) is 0 Å². The van der Waals surface area contributed by atoms with Gasteiger partial charge in [-0.1, -0.05) is 350 Å². The second-order valence-electron chi connectivity index (χ2n) is 29.3. The number of aliphatic hydroxyl groups excluding tert-OH is 1. The Morgan fingerprint density at radius 3 is 0.784 bits per heavy atom. The normalized spacial score (nSPS) is 14.3. The SMILES string of the molecule is CCCCCCCCCCCCCC(=O)OC[C@H](COP(=O)(O)OC[C@H](O)COP(=O)(O)OC[C@@H](COC(=O)CCCCCCCCCCCCCCC(C)C)OC(=O)CCCCCCCCCCCCCCCCC(C)C)OC(=O)CCCCCCCCCCCCC(C)CC. The van der Waals surface area contributed by atoms with Gasteiger partial charge in [0, 0.05) is 25.7 Å². The van der Waals surface area contributed by atoms with Gasteiger partial charge < -0.3 is 33.8 Å². The van der Waals surface area contributed by atoms with E-state index >= 15 is 0 Å². The van der Waals surface area contributed by atoms with Crippen LogP contribution in [-0.4, -0.2) is 96.7 Å². The van der Waals surface area contributed by atoms with Gasteiger partial charge in [-0.05, 0) is 43.4 Å². The van der Waals surface area contributed by atoms with Crippen molar-refractivity contribution in [2.45, 2.75) is 420 Å². The van der Waals surface area contributed by atoms with Crippen molar-refractivity contribution in [3.63, 3.8) is 0 Å². The molecule has 0 amide bonds. The van der Waals surface area contributed by atoms with Crippen LogP contribution in [0.3, 0.4) is 0 Å². The van der Waals surface area contributed by atoms with Crippen molar-refractivity contribution in [3.8, 4) is 0 Å². The van der Waals surface area contributed by atoms with Crippen LogP contribution in [0.15, 0.2) is 0 Å². The van der Waals surface area contributed by atoms with E-state index in [-0.39, 0.29) is 25.7 Å². The summed E-state index contributed by atoms with van der Waals surface area (Å²) in [5, 5.41) is 10.6. The quantitative estimate of drug-likeness (QED) is 0.0222. The van der Waals surface area contributed by atoms with Gasteiger partial charge in [-0.3, -0.25) is 37.3 Å². The molecule has 0 heterocycles. The van der Waals surface area contributed by atoms with E-state index in [0.29, 0.717) is 25.7 Å². The summed E-state index contributed by atoms with van der Waals surface area (Å²) in [6.45, 7) is 12.0. The van der Waals surface area contributed by atoms with E-state index in [1.54, 1.807) is 0 Å². The number of carbonyl (C=O) groups excluding carboxylic acids is 4. The van der Waals surface area contributed by atoms with E-state index in [0.717, 1.165) is 108 Å². The van der Waals surface area contributed by atoms with Crippen molar-refractivity contribution in [3.05, 3.63) is 0 Å². The zero-order valence-corrected chi connectivity index (χ0v) is 65.3. The summed E-state index contributed by atoms with van der Waals surface area (Å²) in [5.74, 6) is 0.267. The summed E-state index contributed by atoms with van der Waals surface area (Å²) in [7, 11) is -9.92. The van der Waals surface area contributed by atoms with E-state index in [1.165, 1.54) is 212 Å². The molecule has 0 aliphatic heterocycles. The van der Waals surface area contributed by atoms with E-state index in [4.69, 9.17) is 37.0 Å². The minimum atomic E-state index is -4.96. The molecule has 0 aliphatic carbocycles. The molecule has 0 fully saturated rings. The summed E-state index contributed by atoms with van der Waals surface area (Å²) in [4.78, 5) is 72.9. The molecule has 19 heteroatoms. The van der Waals surface area contributed by atoms with Crippen molar-refractivity contribution < 1.29 is 80.2 Å². The third-order valence-electron chi connectivity index (χ3n) is 18.5. The highest BCUT2D eigenvalue weighted by atomic mass is 31.2. The molecule has 3 N–H and O–H groups in total. The molecule has 0 aliphatic rings. The fourth-order valence-electron chi connectivity index (χ4n) is 11.9. The van der Waals surface area contributed by atoms with E-state index < -0.39 is 97.5 Å². The summed E-state index contributed by atoms with van der Waals surface area (Å²) in [6, 6.07) is 0. The van der Waals surface area contributed by atoms with Crippen LogP contribution >= 0.6 is 15.6 Å². The summed E-state index contributed by atoms with van der Waals surface area (Å²) in [6.07, 6.45) is 55.3. The summed E-state index contributed by atoms with van der Waals surface area (Å²) >= 11 is 0. The molecule has 0 bridgehead atoms. The highest BCUT2D eigenvalue weighted by Crippen LogP contribution is 2.45. The molecule has 576 valence electrons. The van der Waals surface area contributed by atoms with Gasteiger partial charge in [0.1, 0.15) is 19.3 Å². The molecule has 0 spiro atoms. The van der Waals surface area contributed by atoms with Crippen molar-refractivity contribution in [1.82, 2.24) is 0 Å². The zero-order chi connectivity index (χ0) is 71.6. The van der Waals surface area contributed by atoms with Crippen LogP contribution in [0.1, 0.15) is 402 Å². The fourth-order valence-corrected chi connectivity index (χ4v) is 13.5. The number of hydrogen-bond donors (Lipinski definition) is 3. The first-order valence-corrected chi connectivity index (χ1v) is 43.4. The first kappa shape index (κ1) is 95.1. The van der Waals surface area contributed by atoms with Crippen LogP contribution in [0, 0.1) is 17.8 Å². The Bertz CT molecular complexity index is 1890. The monoisotopic (exact) mass is 1420 g/mol. The van der Waals surface area contributed by atoms with Gasteiger partial charge in [0.25, 0.3) is 0 Å². The molecule has 3 unspecified atom stereocenters. The van der Waals surface area contributed by atoms with E-state index in [9.17, 15) is 43.2 Å². The first-order chi connectivity index (χ1) is 46.8. The minimum absolute atomic E-state index is 0.106. The third-order valence-corrected chi connectivity index (χ3v) is 20.4. The summed E-state index contributed by atoms with van der Waals surface area (Å²) in [5.41, 5.74) is 0. The first-order valence-electron chi connectivity index (χ1n) is 40.4. The van der Waals surface area contributed by atoms with Gasteiger partial charge >= 0.3 is 39.5 Å². The van der Waals surface area contributed by atoms with Crippen molar-refractivity contribution in [2.75, 3.05) is 39.6 Å². The molecule has 0 aromatic heterocycles. The van der Waals surface area contributed by atoms with Crippen molar-refractivity contribution >= 4 is 39.5 Å². The lowest BCUT2D eigenvalue weighted by molar-refractivity contribution is -0.161. The van der Waals surface area contributed by atoms with Crippen LogP contribution < -0.4 is 0 Å². The number of carbonyl (C=O) groups is 4. The second kappa shape index (κ2) is 68.5. The number of aliphatic hydroxyl groups is 1. The van der Waals surface area contributed by atoms with Gasteiger partial charge in [-0.2, -0.15) is 0 Å². The molecular weight excluding hydrogens is 1270 g/mol. The van der Waals surface area contributed by atoms with Gasteiger partial charge in [0.2, 0.25) is 0 Å². The molecule has 0 radical (unpaired) electrons. The Balaban J connectivity index is 5.27. The number of unbranched alkanes of at least 4 members (excludes halogenated alkanes) is 43. The highest BCUT2D eigenvalue weighted by molar-refractivity contribution is 7.47. The number of phosphoric ester groups is 2. The molecule has 0 saturated heterocycles. The number of ether oxygens (including phenoxy) is 4. The Kier molecular flexibility index (Phi) is 67.1. The largest absolute Gasteiger partial charge is 0.472 e. The number of esters is 4. The third kappa shape index (κ3) is 70.9. The fraction of sp³-hybridized carbons (Fsp3) is 0.949. The molecule has 0 rings (SSSR count). The topological polar surface area (TPSA) is 237 Å². The predicted molar refractivity (Wildman–Crippen MR) is 395 cm³/mol. The van der Waals surface area contributed by atoms with Gasteiger partial charge in [0.05, 0.1) is 26.4 Å². The molecule has 0 aromatic rings. The van der Waals surface area contributed by atoms with E-state index in [2.05, 4.69) is 48.5 Å². The number of phosphoric acid groups is 2. The lowest BCUT2D eigenvalue weighted by Gasteiger charge is -2.21. The Morgan fingerprint density at radius 1 is 0.299 bits per heavy atom. The lowest BCUT2D eigenvalue weighted by atomic mass is 9.99. The highest BCUT2D eigenvalue weighted by Gasteiger charge is 2.30. The van der Waals surface area contributed by atoms with Gasteiger partial charge in [-0.25, -0.2) is 9.13 Å². The Hall–Kier alpha value is -1.94. The van der Waals surface area contributed by atoms with Crippen LogP contribution in [0.25, 0.3) is 0 Å². The number of rotatable bonds is 76. The van der Waals surface area contributed by atoms with Gasteiger partial charge in [-0.15, -0.1) is 0 Å². The number of hydrogen-bond acceptors (Lipinski definition) is 15. The van der Waals surface area contributed by atoms with Crippen molar-refractivity contribution in [2.24, 2.45) is 17.8 Å². The zero-order valence-electron chi connectivity index (χ0n) is 63.5. The molecule has 17 nitrogen and oxygen atoms in total. The maximum atomic E-state index is 13.1. The van der Waals surface area contributed by atoms with Gasteiger partial charge in [0.15, 0.2) is 12.2 Å². The smallest absolute Gasteiger partial charge is 0.462 e. The second-order valence-corrected chi connectivity index (χ2v) is 32.2. The Morgan fingerprint density at radius 2 is 0.526 bits per heavy atom. The molecule has 6 atom stereocenters. The molecular formula is C78H152O17P2. The predicted octanol–water partition coefficient (Wildman–Crippen LogP) is 23.0. The maximum absolute atomic E-state index is 13.1. The Labute approximate surface area is 594 Å². The molecule has 0 saturated carbocycles. The average Bonchev–Trinajstić information content (AvgIpc) is 3.64. The maximum Gasteiger partial charge on any atom is 0.472 e. The van der Waals surface area contributed by atoms with Crippen molar-refractivity contribution in [1.29, 1.82) is 0 Å². The average molecular weight is 1420 g/mol.